The summed E-state index contributed by atoms with van der Waals surface area (Å²) in [7, 11) is 1.81. The molecule has 0 saturated carbocycles. The summed E-state index contributed by atoms with van der Waals surface area (Å²) in [5, 5.41) is 11.8. The second kappa shape index (κ2) is 9.71. The van der Waals surface area contributed by atoms with Gasteiger partial charge in [-0.05, 0) is 59.1 Å². The van der Waals surface area contributed by atoms with Crippen LogP contribution in [0.15, 0.2) is 89.5 Å². The van der Waals surface area contributed by atoms with E-state index in [0.29, 0.717) is 33.4 Å². The van der Waals surface area contributed by atoms with Crippen LogP contribution in [0.25, 0.3) is 55.4 Å². The molecule has 4 heteroatoms. The smallest absolute Gasteiger partial charge is 0.216 e. The highest BCUT2D eigenvalue weighted by Gasteiger charge is 2.28. The minimum Gasteiger partial charge on any atom is -0.454 e. The van der Waals surface area contributed by atoms with Gasteiger partial charge in [0.2, 0.25) is 11.9 Å². The van der Waals surface area contributed by atoms with Crippen molar-refractivity contribution in [3.63, 3.8) is 0 Å². The minimum absolute atomic E-state index is 0.138. The second-order valence-electron chi connectivity index (χ2n) is 11.6. The predicted octanol–water partition coefficient (Wildman–Crippen LogP) is 9.34. The van der Waals surface area contributed by atoms with Crippen LogP contribution in [0, 0.1) is 30.9 Å². The molecule has 0 aliphatic rings. The standard InChI is InChI=1S/C37H32FN2O/c1-22-12-15-28-29-17-14-26(20-39)34(27-16-13-25(18-23(27)2)24-10-8-7-9-11-24)36(29)41-35(28)33(22)32-19-30(37(3,4)5)31(38)21-40(32)6/h7-19,21H,1-6H3/q+1/i2D3. The predicted molar refractivity (Wildman–Crippen MR) is 164 cm³/mol. The van der Waals surface area contributed by atoms with E-state index in [9.17, 15) is 5.26 Å². The van der Waals surface area contributed by atoms with Gasteiger partial charge >= 0.3 is 0 Å². The Hall–Kier alpha value is -4.75. The lowest BCUT2D eigenvalue weighted by Crippen LogP contribution is -2.33. The van der Waals surface area contributed by atoms with Crippen LogP contribution in [0.2, 0.25) is 0 Å². The monoisotopic (exact) mass is 542 g/mol. The van der Waals surface area contributed by atoms with Crippen LogP contribution in [0.3, 0.4) is 0 Å². The number of benzene rings is 4. The summed E-state index contributed by atoms with van der Waals surface area (Å²) < 4.78 is 48.9. The number of furan rings is 1. The van der Waals surface area contributed by atoms with E-state index in [1.54, 1.807) is 22.8 Å². The summed E-state index contributed by atoms with van der Waals surface area (Å²) in [4.78, 5) is 0. The van der Waals surface area contributed by atoms with E-state index in [0.717, 1.165) is 38.7 Å². The Morgan fingerprint density at radius 2 is 1.56 bits per heavy atom. The second-order valence-corrected chi connectivity index (χ2v) is 11.6. The Kier molecular flexibility index (Phi) is 5.45. The first-order valence-corrected chi connectivity index (χ1v) is 13.6. The molecule has 202 valence electrons. The lowest BCUT2D eigenvalue weighted by molar-refractivity contribution is -0.662. The lowest BCUT2D eigenvalue weighted by atomic mass is 9.86. The van der Waals surface area contributed by atoms with Gasteiger partial charge in [0.1, 0.15) is 18.2 Å². The molecule has 0 saturated heterocycles. The van der Waals surface area contributed by atoms with Crippen molar-refractivity contribution >= 4 is 21.9 Å². The molecule has 0 bridgehead atoms. The van der Waals surface area contributed by atoms with Crippen LogP contribution in [0.5, 0.6) is 0 Å². The molecule has 6 rings (SSSR count). The molecule has 0 radical (unpaired) electrons. The molecule has 0 aliphatic heterocycles. The van der Waals surface area contributed by atoms with Crippen molar-refractivity contribution in [2.45, 2.75) is 40.0 Å². The number of aromatic nitrogens is 1. The van der Waals surface area contributed by atoms with Gasteiger partial charge in [-0.15, -0.1) is 0 Å². The number of fused-ring (bicyclic) bond motifs is 3. The number of hydrogen-bond acceptors (Lipinski definition) is 2. The molecular weight excluding hydrogens is 507 g/mol. The summed E-state index contributed by atoms with van der Waals surface area (Å²) in [5.74, 6) is -0.282. The molecular formula is C37H32FN2O+. The van der Waals surface area contributed by atoms with Gasteiger partial charge in [-0.2, -0.15) is 9.83 Å². The summed E-state index contributed by atoms with van der Waals surface area (Å²) in [6.45, 7) is 5.47. The first-order valence-electron chi connectivity index (χ1n) is 15.1. The number of pyridine rings is 1. The number of aryl methyl sites for hydroxylation is 3. The third kappa shape index (κ3) is 4.39. The zero-order valence-electron chi connectivity index (χ0n) is 26.8. The van der Waals surface area contributed by atoms with E-state index in [-0.39, 0.29) is 11.4 Å². The van der Waals surface area contributed by atoms with E-state index >= 15 is 4.39 Å². The van der Waals surface area contributed by atoms with Crippen molar-refractivity contribution in [3.8, 4) is 39.6 Å². The molecule has 0 amide bonds. The molecule has 3 nitrogen and oxygen atoms in total. The summed E-state index contributed by atoms with van der Waals surface area (Å²) in [6, 6.07) is 26.6. The zero-order valence-corrected chi connectivity index (χ0v) is 23.8. The van der Waals surface area contributed by atoms with Gasteiger partial charge in [0.15, 0.2) is 5.82 Å². The van der Waals surface area contributed by atoms with Crippen molar-refractivity contribution in [3.05, 3.63) is 113 Å². The van der Waals surface area contributed by atoms with Crippen molar-refractivity contribution in [2.24, 2.45) is 7.05 Å². The Bertz CT molecular complexity index is 2130. The van der Waals surface area contributed by atoms with Crippen LogP contribution >= 0.6 is 0 Å². The highest BCUT2D eigenvalue weighted by molar-refractivity contribution is 6.14. The largest absolute Gasteiger partial charge is 0.454 e. The molecule has 0 unspecified atom stereocenters. The van der Waals surface area contributed by atoms with Crippen molar-refractivity contribution in [2.75, 3.05) is 0 Å². The van der Waals surface area contributed by atoms with Crippen molar-refractivity contribution < 1.29 is 17.5 Å². The average molecular weight is 543 g/mol. The maximum Gasteiger partial charge on any atom is 0.216 e. The number of hydrogen-bond donors (Lipinski definition) is 0. The van der Waals surface area contributed by atoms with Gasteiger partial charge < -0.3 is 4.42 Å². The van der Waals surface area contributed by atoms with Crippen LogP contribution in [0.4, 0.5) is 4.39 Å². The first-order chi connectivity index (χ1) is 20.8. The Balaban J connectivity index is 1.68. The molecule has 0 N–H and O–H groups in total. The van der Waals surface area contributed by atoms with Crippen LogP contribution in [-0.4, -0.2) is 0 Å². The Morgan fingerprint density at radius 1 is 0.854 bits per heavy atom. The van der Waals surface area contributed by atoms with Gasteiger partial charge in [0.05, 0.1) is 17.2 Å². The van der Waals surface area contributed by atoms with Gasteiger partial charge in [-0.1, -0.05) is 81.4 Å². The van der Waals surface area contributed by atoms with Gasteiger partial charge in [0.25, 0.3) is 0 Å². The SMILES string of the molecule is [2H]C([2H])([2H])c1cc(-c2ccccc2)ccc1-c1c(C#N)ccc2c1oc1c(-c3cc(C(C)(C)C)c(F)c[n+]3C)c(C)ccc12. The highest BCUT2D eigenvalue weighted by atomic mass is 19.1. The summed E-state index contributed by atoms with van der Waals surface area (Å²) in [6.07, 6.45) is 1.49. The molecule has 0 fully saturated rings. The molecule has 2 heterocycles. The quantitative estimate of drug-likeness (QED) is 0.209. The molecule has 0 aliphatic carbocycles. The fourth-order valence-corrected chi connectivity index (χ4v) is 5.69. The topological polar surface area (TPSA) is 40.8 Å². The van der Waals surface area contributed by atoms with Crippen molar-refractivity contribution in [1.29, 1.82) is 5.26 Å². The fraction of sp³-hybridized carbons (Fsp3) is 0.189. The van der Waals surface area contributed by atoms with Gasteiger partial charge in [-0.3, -0.25) is 0 Å². The Morgan fingerprint density at radius 3 is 2.24 bits per heavy atom. The van der Waals surface area contributed by atoms with Crippen LogP contribution < -0.4 is 4.57 Å². The Labute approximate surface area is 244 Å². The van der Waals surface area contributed by atoms with Crippen molar-refractivity contribution in [1.82, 2.24) is 0 Å². The number of rotatable bonds is 3. The van der Waals surface area contributed by atoms with Crippen LogP contribution in [0.1, 0.15) is 47.1 Å². The molecule has 41 heavy (non-hydrogen) atoms. The zero-order chi connectivity index (χ0) is 31.6. The molecule has 2 aromatic heterocycles. The normalized spacial score (nSPS) is 13.1. The molecule has 0 spiro atoms. The molecule has 4 aromatic carbocycles. The van der Waals surface area contributed by atoms with E-state index in [2.05, 4.69) is 6.07 Å². The average Bonchev–Trinajstić information content (AvgIpc) is 3.35. The van der Waals surface area contributed by atoms with E-state index in [1.807, 2.05) is 95.4 Å². The maximum absolute atomic E-state index is 15.1. The number of nitrogens with zero attached hydrogens (tertiary/aromatic N) is 2. The third-order valence-corrected chi connectivity index (χ3v) is 7.82. The minimum atomic E-state index is -2.45. The number of halogens is 1. The molecule has 0 atom stereocenters. The van der Waals surface area contributed by atoms with Crippen LogP contribution in [-0.2, 0) is 12.5 Å². The lowest BCUT2D eigenvalue weighted by Gasteiger charge is -2.19. The highest BCUT2D eigenvalue weighted by Crippen LogP contribution is 2.43. The molecule has 6 aromatic rings. The number of nitriles is 1. The van der Waals surface area contributed by atoms with Gasteiger partial charge in [0, 0.05) is 32.1 Å². The first kappa shape index (κ1) is 23.0. The fourth-order valence-electron chi connectivity index (χ4n) is 5.69. The summed E-state index contributed by atoms with van der Waals surface area (Å²) >= 11 is 0. The van der Waals surface area contributed by atoms with E-state index in [4.69, 9.17) is 8.53 Å². The third-order valence-electron chi connectivity index (χ3n) is 7.82. The van der Waals surface area contributed by atoms with Gasteiger partial charge in [-0.25, -0.2) is 4.39 Å². The maximum atomic E-state index is 15.1. The summed E-state index contributed by atoms with van der Waals surface area (Å²) in [5.41, 5.74) is 6.72. The van der Waals surface area contributed by atoms with E-state index < -0.39 is 12.3 Å². The van der Waals surface area contributed by atoms with E-state index in [1.165, 1.54) is 6.20 Å².